The van der Waals surface area contributed by atoms with Gasteiger partial charge >= 0.3 is 0 Å². The van der Waals surface area contributed by atoms with Gasteiger partial charge in [0.2, 0.25) is 0 Å². The molecule has 0 spiro atoms. The highest BCUT2D eigenvalue weighted by Gasteiger charge is 2.23. The number of hydrogen-bond acceptors (Lipinski definition) is 4. The monoisotopic (exact) mass is 316 g/mol. The highest BCUT2D eigenvalue weighted by Crippen LogP contribution is 2.26. The van der Waals surface area contributed by atoms with Crippen LogP contribution >= 0.6 is 11.6 Å². The van der Waals surface area contributed by atoms with Gasteiger partial charge in [0.1, 0.15) is 22.3 Å². The summed E-state index contributed by atoms with van der Waals surface area (Å²) in [7, 11) is -2.74. The van der Waals surface area contributed by atoms with Gasteiger partial charge in [-0.2, -0.15) is 0 Å². The van der Waals surface area contributed by atoms with E-state index in [9.17, 15) is 12.8 Å². The van der Waals surface area contributed by atoms with Gasteiger partial charge in [0.25, 0.3) is 10.0 Å². The highest BCUT2D eigenvalue weighted by atomic mass is 35.5. The zero-order chi connectivity index (χ0) is 14.8. The summed E-state index contributed by atoms with van der Waals surface area (Å²) in [6, 6.07) is 6.54. The highest BCUT2D eigenvalue weighted by molar-refractivity contribution is 7.92. The van der Waals surface area contributed by atoms with Crippen LogP contribution in [0.15, 0.2) is 41.4 Å². The molecule has 0 saturated carbocycles. The molecule has 0 amide bonds. The third kappa shape index (κ3) is 3.00. The van der Waals surface area contributed by atoms with Crippen molar-refractivity contribution in [3.05, 3.63) is 47.4 Å². The van der Waals surface area contributed by atoms with E-state index in [0.29, 0.717) is 5.75 Å². The minimum atomic E-state index is -4.17. The third-order valence-electron chi connectivity index (χ3n) is 2.39. The van der Waals surface area contributed by atoms with Crippen LogP contribution in [-0.4, -0.2) is 20.5 Å². The first-order chi connectivity index (χ1) is 9.44. The smallest absolute Gasteiger partial charge is 0.267 e. The molecule has 0 saturated heterocycles. The van der Waals surface area contributed by atoms with E-state index in [1.807, 2.05) is 0 Å². The lowest BCUT2D eigenvalue weighted by Gasteiger charge is -2.10. The van der Waals surface area contributed by atoms with Crippen molar-refractivity contribution >= 4 is 27.4 Å². The summed E-state index contributed by atoms with van der Waals surface area (Å²) in [5.74, 6) is -0.520. The number of nitrogens with zero attached hydrogens (tertiary/aromatic N) is 1. The van der Waals surface area contributed by atoms with E-state index in [4.69, 9.17) is 16.3 Å². The lowest BCUT2D eigenvalue weighted by Crippen LogP contribution is -2.16. The van der Waals surface area contributed by atoms with E-state index in [-0.39, 0.29) is 10.8 Å². The molecule has 106 valence electrons. The molecule has 0 radical (unpaired) electrons. The van der Waals surface area contributed by atoms with Crippen molar-refractivity contribution in [2.24, 2.45) is 0 Å². The number of sulfonamides is 1. The fourth-order valence-electron chi connectivity index (χ4n) is 1.52. The summed E-state index contributed by atoms with van der Waals surface area (Å²) < 4.78 is 45.0. The van der Waals surface area contributed by atoms with E-state index in [1.165, 1.54) is 31.5 Å². The van der Waals surface area contributed by atoms with Gasteiger partial charge in [-0.1, -0.05) is 17.7 Å². The van der Waals surface area contributed by atoms with Gasteiger partial charge in [-0.15, -0.1) is 0 Å². The summed E-state index contributed by atoms with van der Waals surface area (Å²) in [4.78, 5) is 3.20. The van der Waals surface area contributed by atoms with Crippen molar-refractivity contribution in [3.8, 4) is 5.75 Å². The Balaban J connectivity index is 2.41. The predicted octanol–water partition coefficient (Wildman–Crippen LogP) is 2.68. The molecular weight excluding hydrogens is 307 g/mol. The molecular formula is C12H10ClFN2O3S. The van der Waals surface area contributed by atoms with Crippen molar-refractivity contribution in [3.63, 3.8) is 0 Å². The molecule has 2 rings (SSSR count). The van der Waals surface area contributed by atoms with Crippen LogP contribution in [0.1, 0.15) is 0 Å². The fraction of sp³-hybridized carbons (Fsp3) is 0.0833. The number of benzene rings is 1. The SMILES string of the molecule is COc1ccnc(NS(=O)(=O)c2c(F)cccc2Cl)c1. The zero-order valence-corrected chi connectivity index (χ0v) is 11.9. The number of rotatable bonds is 4. The lowest BCUT2D eigenvalue weighted by atomic mass is 10.3. The number of aromatic nitrogens is 1. The van der Waals surface area contributed by atoms with Gasteiger partial charge in [0, 0.05) is 12.3 Å². The second-order valence-corrected chi connectivity index (χ2v) is 5.76. The quantitative estimate of drug-likeness (QED) is 0.941. The maximum Gasteiger partial charge on any atom is 0.267 e. The van der Waals surface area contributed by atoms with Gasteiger partial charge in [-0.25, -0.2) is 17.8 Å². The van der Waals surface area contributed by atoms with Gasteiger partial charge in [-0.05, 0) is 18.2 Å². The molecule has 5 nitrogen and oxygen atoms in total. The molecule has 1 heterocycles. The first-order valence-corrected chi connectivity index (χ1v) is 7.27. The topological polar surface area (TPSA) is 68.3 Å². The average Bonchev–Trinajstić information content (AvgIpc) is 2.37. The van der Waals surface area contributed by atoms with Crippen LogP contribution in [0.5, 0.6) is 5.75 Å². The zero-order valence-electron chi connectivity index (χ0n) is 10.3. The van der Waals surface area contributed by atoms with Crippen LogP contribution in [0.4, 0.5) is 10.2 Å². The van der Waals surface area contributed by atoms with Crippen LogP contribution in [0.25, 0.3) is 0 Å². The lowest BCUT2D eigenvalue weighted by molar-refractivity contribution is 0.414. The van der Waals surface area contributed by atoms with Gasteiger partial charge in [0.15, 0.2) is 0 Å². The Labute approximate surface area is 120 Å². The Kier molecular flexibility index (Phi) is 4.10. The Morgan fingerprint density at radius 3 is 2.75 bits per heavy atom. The van der Waals surface area contributed by atoms with E-state index in [1.54, 1.807) is 6.07 Å². The number of methoxy groups -OCH3 is 1. The molecule has 0 fully saturated rings. The maximum atomic E-state index is 13.6. The molecule has 1 N–H and O–H groups in total. The first kappa shape index (κ1) is 14.5. The van der Waals surface area contributed by atoms with Crippen molar-refractivity contribution in [1.29, 1.82) is 0 Å². The molecule has 0 aliphatic heterocycles. The summed E-state index contributed by atoms with van der Waals surface area (Å²) >= 11 is 5.73. The standard InChI is InChI=1S/C12H10ClFN2O3S/c1-19-8-5-6-15-11(7-8)16-20(17,18)12-9(13)3-2-4-10(12)14/h2-7H,1H3,(H,15,16). The van der Waals surface area contributed by atoms with Gasteiger partial charge in [0.05, 0.1) is 12.1 Å². The van der Waals surface area contributed by atoms with E-state index < -0.39 is 20.7 Å². The fourth-order valence-corrected chi connectivity index (χ4v) is 3.13. The van der Waals surface area contributed by atoms with E-state index >= 15 is 0 Å². The molecule has 0 aliphatic carbocycles. The van der Waals surface area contributed by atoms with Crippen molar-refractivity contribution in [2.45, 2.75) is 4.90 Å². The molecule has 0 atom stereocenters. The van der Waals surface area contributed by atoms with Gasteiger partial charge < -0.3 is 4.74 Å². The van der Waals surface area contributed by atoms with Crippen LogP contribution in [0, 0.1) is 5.82 Å². The number of halogens is 2. The minimum absolute atomic E-state index is 0.00340. The number of anilines is 1. The molecule has 2 aromatic rings. The number of ether oxygens (including phenoxy) is 1. The Hall–Kier alpha value is -1.86. The normalized spacial score (nSPS) is 11.2. The number of pyridine rings is 1. The predicted molar refractivity (Wildman–Crippen MR) is 73.0 cm³/mol. The van der Waals surface area contributed by atoms with Crippen molar-refractivity contribution in [2.75, 3.05) is 11.8 Å². The van der Waals surface area contributed by atoms with Gasteiger partial charge in [-0.3, -0.25) is 4.72 Å². The van der Waals surface area contributed by atoms with E-state index in [0.717, 1.165) is 6.07 Å². The maximum absolute atomic E-state index is 13.6. The Bertz CT molecular complexity index is 717. The van der Waals surface area contributed by atoms with Crippen LogP contribution in [0.2, 0.25) is 5.02 Å². The van der Waals surface area contributed by atoms with Crippen LogP contribution in [-0.2, 0) is 10.0 Å². The van der Waals surface area contributed by atoms with E-state index in [2.05, 4.69) is 9.71 Å². The van der Waals surface area contributed by atoms with Crippen molar-refractivity contribution in [1.82, 2.24) is 4.98 Å². The van der Waals surface area contributed by atoms with Crippen LogP contribution < -0.4 is 9.46 Å². The summed E-state index contributed by atoms with van der Waals surface area (Å²) in [6.07, 6.45) is 1.36. The summed E-state index contributed by atoms with van der Waals surface area (Å²) in [5, 5.41) is -0.208. The largest absolute Gasteiger partial charge is 0.497 e. The molecule has 8 heteroatoms. The second-order valence-electron chi connectivity index (χ2n) is 3.74. The number of nitrogens with one attached hydrogen (secondary N) is 1. The molecule has 0 aliphatic rings. The average molecular weight is 317 g/mol. The third-order valence-corrected chi connectivity index (χ3v) is 4.25. The minimum Gasteiger partial charge on any atom is -0.497 e. The molecule has 0 unspecified atom stereocenters. The first-order valence-electron chi connectivity index (χ1n) is 5.41. The Morgan fingerprint density at radius 1 is 1.35 bits per heavy atom. The summed E-state index contributed by atoms with van der Waals surface area (Å²) in [5.41, 5.74) is 0. The summed E-state index contributed by atoms with van der Waals surface area (Å²) in [6.45, 7) is 0. The second kappa shape index (κ2) is 5.64. The molecule has 1 aromatic heterocycles. The number of hydrogen-bond donors (Lipinski definition) is 1. The molecule has 1 aromatic carbocycles. The van der Waals surface area contributed by atoms with Crippen molar-refractivity contribution < 1.29 is 17.5 Å². The molecule has 20 heavy (non-hydrogen) atoms. The Morgan fingerprint density at radius 2 is 2.10 bits per heavy atom. The van der Waals surface area contributed by atoms with Crippen LogP contribution in [0.3, 0.4) is 0 Å². The molecule has 0 bridgehead atoms.